The minimum absolute atomic E-state index is 0.0239. The first kappa shape index (κ1) is 11.9. The number of ether oxygens (including phenoxy) is 1. The van der Waals surface area contributed by atoms with Crippen LogP contribution in [0.5, 0.6) is 0 Å². The third-order valence-corrected chi connectivity index (χ3v) is 3.72. The number of carbonyl (C=O) groups is 1. The summed E-state index contributed by atoms with van der Waals surface area (Å²) in [5, 5.41) is 0. The molecule has 0 radical (unpaired) electrons. The molecule has 3 heteroatoms. The van der Waals surface area contributed by atoms with Crippen molar-refractivity contribution in [2.75, 3.05) is 0 Å². The van der Waals surface area contributed by atoms with E-state index in [9.17, 15) is 4.79 Å². The highest BCUT2D eigenvalue weighted by Gasteiger charge is 2.38. The molecular formula is C13H15IO2. The van der Waals surface area contributed by atoms with Crippen LogP contribution in [-0.4, -0.2) is 16.0 Å². The van der Waals surface area contributed by atoms with E-state index >= 15 is 0 Å². The van der Waals surface area contributed by atoms with E-state index in [1.807, 2.05) is 0 Å². The lowest BCUT2D eigenvalue weighted by atomic mass is 9.91. The predicted molar refractivity (Wildman–Crippen MR) is 71.9 cm³/mol. The average molecular weight is 330 g/mol. The molecule has 0 aromatic heterocycles. The molecule has 1 saturated heterocycles. The van der Waals surface area contributed by atoms with Crippen molar-refractivity contribution in [2.45, 2.75) is 36.2 Å². The summed E-state index contributed by atoms with van der Waals surface area (Å²) in [6.45, 7) is 4.16. The molecule has 1 fully saturated rings. The molecule has 0 N–H and O–H groups in total. The molecule has 2 rings (SSSR count). The summed E-state index contributed by atoms with van der Waals surface area (Å²) >= 11 is 2.33. The smallest absolute Gasteiger partial charge is 0.306 e. The molecule has 86 valence electrons. The molecular weight excluding hydrogens is 315 g/mol. The van der Waals surface area contributed by atoms with E-state index in [4.69, 9.17) is 4.74 Å². The van der Waals surface area contributed by atoms with Crippen molar-refractivity contribution in [1.82, 2.24) is 0 Å². The van der Waals surface area contributed by atoms with Crippen LogP contribution < -0.4 is 0 Å². The van der Waals surface area contributed by atoms with Crippen molar-refractivity contribution in [3.05, 3.63) is 35.4 Å². The van der Waals surface area contributed by atoms with Gasteiger partial charge < -0.3 is 4.74 Å². The summed E-state index contributed by atoms with van der Waals surface area (Å²) in [4.78, 5) is 11.4. The van der Waals surface area contributed by atoms with Gasteiger partial charge in [-0.25, -0.2) is 0 Å². The molecule has 2 nitrogen and oxygen atoms in total. The van der Waals surface area contributed by atoms with Gasteiger partial charge in [0.1, 0.15) is 6.10 Å². The van der Waals surface area contributed by atoms with Crippen LogP contribution >= 0.6 is 22.6 Å². The Kier molecular flexibility index (Phi) is 3.52. The van der Waals surface area contributed by atoms with E-state index in [-0.39, 0.29) is 18.0 Å². The number of benzene rings is 1. The van der Waals surface area contributed by atoms with Gasteiger partial charge in [0.05, 0.1) is 6.42 Å². The molecule has 16 heavy (non-hydrogen) atoms. The van der Waals surface area contributed by atoms with Crippen LogP contribution in [-0.2, 0) is 9.53 Å². The van der Waals surface area contributed by atoms with Gasteiger partial charge in [0.15, 0.2) is 0 Å². The number of rotatable bonds is 2. The predicted octanol–water partition coefficient (Wildman–Crippen LogP) is 3.22. The summed E-state index contributed by atoms with van der Waals surface area (Å²) < 4.78 is 5.72. The van der Waals surface area contributed by atoms with E-state index in [1.165, 1.54) is 11.1 Å². The fraction of sp³-hybridized carbons (Fsp3) is 0.462. The molecule has 1 aromatic carbocycles. The van der Waals surface area contributed by atoms with Crippen molar-refractivity contribution < 1.29 is 9.53 Å². The number of esters is 1. The van der Waals surface area contributed by atoms with Gasteiger partial charge in [-0.3, -0.25) is 4.79 Å². The number of cyclic esters (lactones) is 1. The third kappa shape index (κ3) is 2.39. The molecule has 1 aliphatic rings. The molecule has 0 aliphatic carbocycles. The fourth-order valence-corrected chi connectivity index (χ4v) is 2.76. The quantitative estimate of drug-likeness (QED) is 0.473. The molecule has 1 heterocycles. The maximum Gasteiger partial charge on any atom is 0.306 e. The van der Waals surface area contributed by atoms with Crippen molar-refractivity contribution in [3.8, 4) is 0 Å². The van der Waals surface area contributed by atoms with Gasteiger partial charge >= 0.3 is 5.97 Å². The Balaban J connectivity index is 2.25. The van der Waals surface area contributed by atoms with E-state index < -0.39 is 0 Å². The minimum atomic E-state index is -0.0703. The van der Waals surface area contributed by atoms with E-state index in [0.29, 0.717) is 10.3 Å². The maximum absolute atomic E-state index is 11.4. The normalized spacial score (nSPS) is 26.6. The Morgan fingerprint density at radius 3 is 2.56 bits per heavy atom. The van der Waals surface area contributed by atoms with Crippen LogP contribution in [0.2, 0.25) is 0 Å². The summed E-state index contributed by atoms with van der Waals surface area (Å²) in [7, 11) is 0. The summed E-state index contributed by atoms with van der Waals surface area (Å²) in [6.07, 6.45) is 0.539. The first-order chi connectivity index (χ1) is 7.58. The second kappa shape index (κ2) is 4.73. The van der Waals surface area contributed by atoms with Crippen LogP contribution in [0.3, 0.4) is 0 Å². The lowest BCUT2D eigenvalue weighted by molar-refractivity contribution is -0.141. The summed E-state index contributed by atoms with van der Waals surface area (Å²) in [5.74, 6) is 0.152. The summed E-state index contributed by atoms with van der Waals surface area (Å²) in [6, 6.07) is 8.39. The first-order valence-electron chi connectivity index (χ1n) is 5.48. The highest BCUT2D eigenvalue weighted by atomic mass is 127. The van der Waals surface area contributed by atoms with Gasteiger partial charge in [-0.05, 0) is 19.4 Å². The zero-order valence-electron chi connectivity index (χ0n) is 9.44. The van der Waals surface area contributed by atoms with Crippen LogP contribution in [0.1, 0.15) is 30.4 Å². The lowest BCUT2D eigenvalue weighted by Gasteiger charge is -2.20. The Labute approximate surface area is 110 Å². The molecule has 0 spiro atoms. The number of aryl methyl sites for hydroxylation is 1. The second-order valence-corrected chi connectivity index (χ2v) is 6.32. The molecule has 0 unspecified atom stereocenters. The number of hydrogen-bond donors (Lipinski definition) is 0. The third-order valence-electron chi connectivity index (χ3n) is 3.01. The van der Waals surface area contributed by atoms with Crippen LogP contribution in [0.25, 0.3) is 0 Å². The Bertz CT molecular complexity index is 383. The number of carbonyl (C=O) groups excluding carboxylic acids is 1. The van der Waals surface area contributed by atoms with Crippen molar-refractivity contribution in [3.63, 3.8) is 0 Å². The highest BCUT2D eigenvalue weighted by Crippen LogP contribution is 2.36. The molecule has 1 aromatic rings. The van der Waals surface area contributed by atoms with Gasteiger partial charge in [0, 0.05) is 9.84 Å². The Morgan fingerprint density at radius 1 is 1.38 bits per heavy atom. The van der Waals surface area contributed by atoms with Gasteiger partial charge in [-0.15, -0.1) is 0 Å². The zero-order valence-corrected chi connectivity index (χ0v) is 11.6. The minimum Gasteiger partial charge on any atom is -0.461 e. The van der Waals surface area contributed by atoms with Gasteiger partial charge in [0.2, 0.25) is 0 Å². The Morgan fingerprint density at radius 2 is 2.00 bits per heavy atom. The lowest BCUT2D eigenvalue weighted by Crippen LogP contribution is -2.23. The molecule has 1 aliphatic heterocycles. The number of halogens is 1. The van der Waals surface area contributed by atoms with Crippen molar-refractivity contribution in [2.24, 2.45) is 0 Å². The monoisotopic (exact) mass is 330 g/mol. The van der Waals surface area contributed by atoms with Crippen molar-refractivity contribution in [1.29, 1.82) is 0 Å². The summed E-state index contributed by atoms with van der Waals surface area (Å²) in [5.41, 5.74) is 2.46. The van der Waals surface area contributed by atoms with Gasteiger partial charge in [-0.2, -0.15) is 0 Å². The highest BCUT2D eigenvalue weighted by molar-refractivity contribution is 14.1. The molecule has 0 amide bonds. The van der Waals surface area contributed by atoms with Crippen LogP contribution in [0.15, 0.2) is 24.3 Å². The zero-order chi connectivity index (χ0) is 11.7. The van der Waals surface area contributed by atoms with Gasteiger partial charge in [0.25, 0.3) is 0 Å². The fourth-order valence-electron chi connectivity index (χ4n) is 2.11. The molecule has 0 saturated carbocycles. The van der Waals surface area contributed by atoms with Gasteiger partial charge in [-0.1, -0.05) is 52.4 Å². The molecule has 0 bridgehead atoms. The average Bonchev–Trinajstić information content (AvgIpc) is 2.61. The topological polar surface area (TPSA) is 26.3 Å². The van der Waals surface area contributed by atoms with E-state index in [0.717, 1.165) is 0 Å². The SMILES string of the molecule is Cc1ccc([C@@H]2CC(=O)O[C@H]2[C@H](C)I)cc1. The van der Waals surface area contributed by atoms with Crippen LogP contribution in [0, 0.1) is 6.92 Å². The standard InChI is InChI=1S/C13H15IO2/c1-8-3-5-10(6-4-8)11-7-12(15)16-13(11)9(2)14/h3-6,9,11,13H,7H2,1-2H3/t9-,11-,13-/m0/s1. The van der Waals surface area contributed by atoms with Crippen LogP contribution in [0.4, 0.5) is 0 Å². The maximum atomic E-state index is 11.4. The number of hydrogen-bond acceptors (Lipinski definition) is 2. The first-order valence-corrected chi connectivity index (χ1v) is 6.72. The number of alkyl halides is 1. The van der Waals surface area contributed by atoms with E-state index in [1.54, 1.807) is 0 Å². The molecule has 3 atom stereocenters. The van der Waals surface area contributed by atoms with E-state index in [2.05, 4.69) is 60.7 Å². The second-order valence-electron chi connectivity index (χ2n) is 4.35. The Hall–Kier alpha value is -0.580. The largest absolute Gasteiger partial charge is 0.461 e. The van der Waals surface area contributed by atoms with Crippen molar-refractivity contribution >= 4 is 28.6 Å².